The molecule has 0 bridgehead atoms. The molecule has 0 amide bonds. The van der Waals surface area contributed by atoms with E-state index in [9.17, 15) is 0 Å². The molecule has 1 aromatic carbocycles. The molecule has 0 radical (unpaired) electrons. The molecule has 0 aliphatic carbocycles. The first-order valence-electron chi connectivity index (χ1n) is 4.25. The van der Waals surface area contributed by atoms with Gasteiger partial charge in [0.2, 0.25) is 5.96 Å². The van der Waals surface area contributed by atoms with Gasteiger partial charge in [-0.2, -0.15) is 0 Å². The van der Waals surface area contributed by atoms with Crippen molar-refractivity contribution < 1.29 is 0 Å². The minimum Gasteiger partial charge on any atom is -0.368 e. The fraction of sp³-hybridized carbons (Fsp3) is 0.222. The lowest BCUT2D eigenvalue weighted by Gasteiger charge is -2.21. The molecule has 0 saturated heterocycles. The van der Waals surface area contributed by atoms with Gasteiger partial charge in [0.25, 0.3) is 0 Å². The molecule has 0 aliphatic rings. The summed E-state index contributed by atoms with van der Waals surface area (Å²) in [7, 11) is 0. The summed E-state index contributed by atoms with van der Waals surface area (Å²) in [6.45, 7) is 2.64. The molecule has 0 aromatic heterocycles. The Morgan fingerprint density at radius 3 is 2.79 bits per heavy atom. The van der Waals surface area contributed by atoms with Gasteiger partial charge in [-0.25, -0.2) is 0 Å². The number of anilines is 1. The second kappa shape index (κ2) is 4.72. The molecule has 0 saturated carbocycles. The second-order valence-electron chi connectivity index (χ2n) is 2.71. The molecular formula is C9H13ClN4. The summed E-state index contributed by atoms with van der Waals surface area (Å²) < 4.78 is 0. The summed E-state index contributed by atoms with van der Waals surface area (Å²) >= 11 is 5.86. The fourth-order valence-electron chi connectivity index (χ4n) is 1.19. The fourth-order valence-corrected chi connectivity index (χ4v) is 1.38. The predicted molar refractivity (Wildman–Crippen MR) is 60.3 cm³/mol. The van der Waals surface area contributed by atoms with Crippen LogP contribution in [0.4, 0.5) is 5.69 Å². The standard InChI is InChI=1S/C9H13ClN4/c1-2-14(9(11)13-12)8-5-3-4-7(10)6-8/h3-6H,2,12H2,1H3,(H2,11,13). The van der Waals surface area contributed by atoms with Crippen LogP contribution < -0.4 is 16.5 Å². The van der Waals surface area contributed by atoms with Gasteiger partial charge in [-0.3, -0.25) is 0 Å². The molecule has 76 valence electrons. The van der Waals surface area contributed by atoms with E-state index in [2.05, 4.69) is 5.10 Å². The topological polar surface area (TPSA) is 67.6 Å². The summed E-state index contributed by atoms with van der Waals surface area (Å²) in [6, 6.07) is 7.36. The van der Waals surface area contributed by atoms with Gasteiger partial charge in [0.05, 0.1) is 0 Å². The van der Waals surface area contributed by atoms with E-state index in [0.29, 0.717) is 11.6 Å². The van der Waals surface area contributed by atoms with Gasteiger partial charge in [-0.15, -0.1) is 5.10 Å². The van der Waals surface area contributed by atoms with Gasteiger partial charge >= 0.3 is 0 Å². The summed E-state index contributed by atoms with van der Waals surface area (Å²) in [5.41, 5.74) is 6.50. The first-order chi connectivity index (χ1) is 6.69. The van der Waals surface area contributed by atoms with Crippen LogP contribution in [0.25, 0.3) is 0 Å². The van der Waals surface area contributed by atoms with E-state index in [1.54, 1.807) is 11.0 Å². The average molecular weight is 213 g/mol. The Bertz CT molecular complexity index is 337. The third kappa shape index (κ3) is 2.29. The van der Waals surface area contributed by atoms with E-state index in [1.807, 2.05) is 25.1 Å². The number of hydrogen-bond acceptors (Lipinski definition) is 2. The zero-order valence-corrected chi connectivity index (χ0v) is 8.70. The molecule has 0 atom stereocenters. The van der Waals surface area contributed by atoms with E-state index in [0.717, 1.165) is 5.69 Å². The number of rotatable bonds is 2. The maximum atomic E-state index is 5.86. The van der Waals surface area contributed by atoms with Crippen molar-refractivity contribution in [3.8, 4) is 0 Å². The van der Waals surface area contributed by atoms with Gasteiger partial charge in [0.1, 0.15) is 0 Å². The molecule has 0 unspecified atom stereocenters. The van der Waals surface area contributed by atoms with E-state index >= 15 is 0 Å². The predicted octanol–water partition coefficient (Wildman–Crippen LogP) is 1.35. The maximum absolute atomic E-state index is 5.86. The third-order valence-corrected chi connectivity index (χ3v) is 2.08. The summed E-state index contributed by atoms with van der Waals surface area (Å²) in [4.78, 5) is 1.77. The summed E-state index contributed by atoms with van der Waals surface area (Å²) in [6.07, 6.45) is 0. The van der Waals surface area contributed by atoms with Crippen LogP contribution in [0.3, 0.4) is 0 Å². The number of nitrogens with zero attached hydrogens (tertiary/aromatic N) is 2. The highest BCUT2D eigenvalue weighted by molar-refractivity contribution is 6.30. The van der Waals surface area contributed by atoms with Crippen molar-refractivity contribution in [2.45, 2.75) is 6.92 Å². The van der Waals surface area contributed by atoms with Crippen LogP contribution in [-0.2, 0) is 0 Å². The Kier molecular flexibility index (Phi) is 3.59. The Morgan fingerprint density at radius 1 is 1.57 bits per heavy atom. The van der Waals surface area contributed by atoms with Gasteiger partial charge in [-0.05, 0) is 25.1 Å². The van der Waals surface area contributed by atoms with Crippen LogP contribution in [0.5, 0.6) is 0 Å². The van der Waals surface area contributed by atoms with Crippen molar-refractivity contribution in [2.24, 2.45) is 16.7 Å². The van der Waals surface area contributed by atoms with Crippen LogP contribution in [0.15, 0.2) is 29.4 Å². The lowest BCUT2D eigenvalue weighted by atomic mass is 10.3. The van der Waals surface area contributed by atoms with Gasteiger partial charge in [-0.1, -0.05) is 17.7 Å². The largest absolute Gasteiger partial charge is 0.368 e. The lowest BCUT2D eigenvalue weighted by Crippen LogP contribution is -2.38. The van der Waals surface area contributed by atoms with Crippen molar-refractivity contribution in [3.63, 3.8) is 0 Å². The molecule has 4 N–H and O–H groups in total. The molecule has 1 rings (SSSR count). The van der Waals surface area contributed by atoms with E-state index < -0.39 is 0 Å². The third-order valence-electron chi connectivity index (χ3n) is 1.84. The number of halogens is 1. The minimum atomic E-state index is 0.273. The van der Waals surface area contributed by atoms with Crippen molar-refractivity contribution in [1.29, 1.82) is 0 Å². The Balaban J connectivity index is 3.01. The Labute approximate surface area is 88.1 Å². The SMILES string of the molecule is CCN(/C(N)=N/N)c1cccc(Cl)c1. The highest BCUT2D eigenvalue weighted by atomic mass is 35.5. The van der Waals surface area contributed by atoms with Gasteiger partial charge < -0.3 is 16.5 Å². The molecule has 4 nitrogen and oxygen atoms in total. The molecule has 0 fully saturated rings. The van der Waals surface area contributed by atoms with Crippen molar-refractivity contribution >= 4 is 23.2 Å². The quantitative estimate of drug-likeness (QED) is 0.337. The zero-order valence-electron chi connectivity index (χ0n) is 7.94. The Hall–Kier alpha value is -1.42. The molecule has 0 aliphatic heterocycles. The first kappa shape index (κ1) is 10.7. The number of hydrazone groups is 1. The highest BCUT2D eigenvalue weighted by Crippen LogP contribution is 2.18. The van der Waals surface area contributed by atoms with Crippen LogP contribution in [0.1, 0.15) is 6.92 Å². The highest BCUT2D eigenvalue weighted by Gasteiger charge is 2.07. The second-order valence-corrected chi connectivity index (χ2v) is 3.15. The monoisotopic (exact) mass is 212 g/mol. The van der Waals surface area contributed by atoms with Crippen LogP contribution in [0, 0.1) is 0 Å². The van der Waals surface area contributed by atoms with Crippen LogP contribution in [-0.4, -0.2) is 12.5 Å². The molecular weight excluding hydrogens is 200 g/mol. The number of hydrogen-bond donors (Lipinski definition) is 2. The van der Waals surface area contributed by atoms with Gasteiger partial charge in [0.15, 0.2) is 0 Å². The molecule has 1 aromatic rings. The normalized spacial score (nSPS) is 11.4. The summed E-state index contributed by atoms with van der Waals surface area (Å²) in [5, 5.41) is 4.10. The van der Waals surface area contributed by atoms with Crippen LogP contribution in [0.2, 0.25) is 5.02 Å². The molecule has 0 heterocycles. The minimum absolute atomic E-state index is 0.273. The lowest BCUT2D eigenvalue weighted by molar-refractivity contribution is 1.02. The van der Waals surface area contributed by atoms with Crippen LogP contribution >= 0.6 is 11.6 Å². The molecule has 5 heteroatoms. The van der Waals surface area contributed by atoms with Crippen molar-refractivity contribution in [1.82, 2.24) is 0 Å². The first-order valence-corrected chi connectivity index (χ1v) is 4.63. The maximum Gasteiger partial charge on any atom is 0.217 e. The van der Waals surface area contributed by atoms with Crippen molar-refractivity contribution in [2.75, 3.05) is 11.4 Å². The number of nitrogens with two attached hydrogens (primary N) is 2. The summed E-state index contributed by atoms with van der Waals surface area (Å²) in [5.74, 6) is 5.39. The molecule has 0 spiro atoms. The van der Waals surface area contributed by atoms with Gasteiger partial charge in [0, 0.05) is 17.3 Å². The van der Waals surface area contributed by atoms with E-state index in [4.69, 9.17) is 23.2 Å². The number of guanidine groups is 1. The number of benzene rings is 1. The Morgan fingerprint density at radius 2 is 2.29 bits per heavy atom. The van der Waals surface area contributed by atoms with Crippen molar-refractivity contribution in [3.05, 3.63) is 29.3 Å². The molecule has 14 heavy (non-hydrogen) atoms. The van der Waals surface area contributed by atoms with E-state index in [1.165, 1.54) is 0 Å². The zero-order chi connectivity index (χ0) is 10.6. The van der Waals surface area contributed by atoms with E-state index in [-0.39, 0.29) is 5.96 Å². The smallest absolute Gasteiger partial charge is 0.217 e. The average Bonchev–Trinajstić information content (AvgIpc) is 2.19.